The Kier molecular flexibility index (Phi) is 2.75. The molecule has 0 aliphatic heterocycles. The van der Waals surface area contributed by atoms with Crippen LogP contribution < -0.4 is 4.57 Å². The van der Waals surface area contributed by atoms with Crippen LogP contribution in [0.3, 0.4) is 0 Å². The summed E-state index contributed by atoms with van der Waals surface area (Å²) < 4.78 is 2.35. The molecule has 18 heavy (non-hydrogen) atoms. The molecule has 0 aliphatic rings. The second-order valence-electron chi connectivity index (χ2n) is 5.31. The summed E-state index contributed by atoms with van der Waals surface area (Å²) in [7, 11) is 0. The highest BCUT2D eigenvalue weighted by atomic mass is 14.9. The summed E-state index contributed by atoms with van der Waals surface area (Å²) >= 11 is 0. The van der Waals surface area contributed by atoms with Gasteiger partial charge in [-0.15, -0.1) is 0 Å². The normalized spacial score (nSPS) is 11.5. The number of pyridine rings is 1. The molecule has 0 aliphatic carbocycles. The van der Waals surface area contributed by atoms with Crippen LogP contribution in [0.15, 0.2) is 54.7 Å². The summed E-state index contributed by atoms with van der Waals surface area (Å²) in [4.78, 5) is 0. The van der Waals surface area contributed by atoms with Gasteiger partial charge in [0.2, 0.25) is 5.52 Å². The van der Waals surface area contributed by atoms with Crippen LogP contribution in [0.5, 0.6) is 0 Å². The Morgan fingerprint density at radius 1 is 0.889 bits per heavy atom. The summed E-state index contributed by atoms with van der Waals surface area (Å²) in [6, 6.07) is 17.5. The summed E-state index contributed by atoms with van der Waals surface area (Å²) in [5.74, 6) is 0.659. The highest BCUT2D eigenvalue weighted by Crippen LogP contribution is 2.20. The molecule has 0 atom stereocenters. The van der Waals surface area contributed by atoms with Crippen LogP contribution in [0.25, 0.3) is 21.7 Å². The minimum atomic E-state index is 0.659. The lowest BCUT2D eigenvalue weighted by Crippen LogP contribution is -2.36. The van der Waals surface area contributed by atoms with Gasteiger partial charge in [0, 0.05) is 23.4 Å². The van der Waals surface area contributed by atoms with Gasteiger partial charge in [-0.05, 0) is 22.9 Å². The van der Waals surface area contributed by atoms with Crippen LogP contribution >= 0.6 is 0 Å². The lowest BCUT2D eigenvalue weighted by atomic mass is 10.1. The van der Waals surface area contributed by atoms with E-state index in [-0.39, 0.29) is 0 Å². The highest BCUT2D eigenvalue weighted by Gasteiger charge is 2.10. The third kappa shape index (κ3) is 1.97. The number of fused-ring (bicyclic) bond motifs is 2. The molecular formula is C17H18N+. The van der Waals surface area contributed by atoms with Gasteiger partial charge >= 0.3 is 0 Å². The SMILES string of the molecule is CC(C)C[n+]1cccc2cc3ccccc3cc21. The maximum atomic E-state index is 2.35. The van der Waals surface area contributed by atoms with Crippen LogP contribution in [-0.2, 0) is 6.54 Å². The third-order valence-corrected chi connectivity index (χ3v) is 3.31. The molecule has 0 bridgehead atoms. The van der Waals surface area contributed by atoms with Crippen molar-refractivity contribution in [1.82, 2.24) is 0 Å². The van der Waals surface area contributed by atoms with Gasteiger partial charge in [0.25, 0.3) is 0 Å². The number of aromatic nitrogens is 1. The van der Waals surface area contributed by atoms with E-state index in [0.717, 1.165) is 6.54 Å². The van der Waals surface area contributed by atoms with Gasteiger partial charge in [-0.25, -0.2) is 0 Å². The van der Waals surface area contributed by atoms with Crippen molar-refractivity contribution >= 4 is 21.7 Å². The molecule has 0 saturated carbocycles. The summed E-state index contributed by atoms with van der Waals surface area (Å²) in [5.41, 5.74) is 1.32. The Labute approximate surface area is 108 Å². The molecule has 0 radical (unpaired) electrons. The standard InChI is InChI=1S/C17H18N/c1-13(2)12-18-9-5-8-16-10-14-6-3-4-7-15(14)11-17(16)18/h3-11,13H,12H2,1-2H3/q+1. The first-order chi connectivity index (χ1) is 8.74. The smallest absolute Gasteiger partial charge is 0.198 e. The molecule has 1 heterocycles. The molecule has 0 fully saturated rings. The number of rotatable bonds is 2. The Bertz CT molecular complexity index is 698. The van der Waals surface area contributed by atoms with E-state index >= 15 is 0 Å². The second kappa shape index (κ2) is 4.41. The molecule has 0 N–H and O–H groups in total. The van der Waals surface area contributed by atoms with Gasteiger partial charge in [0.15, 0.2) is 12.7 Å². The predicted molar refractivity (Wildman–Crippen MR) is 76.5 cm³/mol. The molecule has 0 unspecified atom stereocenters. The first-order valence-electron chi connectivity index (χ1n) is 6.55. The van der Waals surface area contributed by atoms with E-state index in [9.17, 15) is 0 Å². The minimum absolute atomic E-state index is 0.659. The van der Waals surface area contributed by atoms with Crippen LogP contribution in [-0.4, -0.2) is 0 Å². The van der Waals surface area contributed by atoms with E-state index in [2.05, 4.69) is 73.1 Å². The Hall–Kier alpha value is -1.89. The number of hydrogen-bond donors (Lipinski definition) is 0. The maximum absolute atomic E-state index is 2.35. The van der Waals surface area contributed by atoms with Crippen molar-refractivity contribution in [3.05, 3.63) is 54.7 Å². The number of hydrogen-bond acceptors (Lipinski definition) is 0. The van der Waals surface area contributed by atoms with Gasteiger partial charge in [0.05, 0.1) is 0 Å². The zero-order chi connectivity index (χ0) is 12.5. The average molecular weight is 236 g/mol. The first-order valence-corrected chi connectivity index (χ1v) is 6.55. The van der Waals surface area contributed by atoms with Crippen molar-refractivity contribution in [2.45, 2.75) is 20.4 Å². The molecule has 0 saturated heterocycles. The van der Waals surface area contributed by atoms with Crippen molar-refractivity contribution < 1.29 is 4.57 Å². The molecule has 3 rings (SSSR count). The van der Waals surface area contributed by atoms with Crippen molar-refractivity contribution in [3.63, 3.8) is 0 Å². The zero-order valence-corrected chi connectivity index (χ0v) is 10.9. The molecule has 1 nitrogen and oxygen atoms in total. The Morgan fingerprint density at radius 2 is 1.56 bits per heavy atom. The highest BCUT2D eigenvalue weighted by molar-refractivity contribution is 5.95. The monoisotopic (exact) mass is 236 g/mol. The zero-order valence-electron chi connectivity index (χ0n) is 10.9. The van der Waals surface area contributed by atoms with Crippen molar-refractivity contribution in [2.75, 3.05) is 0 Å². The van der Waals surface area contributed by atoms with Gasteiger partial charge in [-0.3, -0.25) is 0 Å². The van der Waals surface area contributed by atoms with Gasteiger partial charge in [0.1, 0.15) is 0 Å². The predicted octanol–water partition coefficient (Wildman–Crippen LogP) is 3.94. The fourth-order valence-electron chi connectivity index (χ4n) is 2.51. The minimum Gasteiger partial charge on any atom is -0.198 e. The van der Waals surface area contributed by atoms with Gasteiger partial charge < -0.3 is 0 Å². The molecule has 2 aromatic carbocycles. The molecule has 3 aromatic rings. The van der Waals surface area contributed by atoms with Gasteiger partial charge in [-0.2, -0.15) is 4.57 Å². The first kappa shape index (κ1) is 11.2. The maximum Gasteiger partial charge on any atom is 0.213 e. The largest absolute Gasteiger partial charge is 0.213 e. The fourth-order valence-corrected chi connectivity index (χ4v) is 2.51. The van der Waals surface area contributed by atoms with Crippen molar-refractivity contribution in [3.8, 4) is 0 Å². The lowest BCUT2D eigenvalue weighted by molar-refractivity contribution is -0.677. The van der Waals surface area contributed by atoms with Crippen molar-refractivity contribution in [2.24, 2.45) is 5.92 Å². The molecule has 1 aromatic heterocycles. The second-order valence-corrected chi connectivity index (χ2v) is 5.31. The Balaban J connectivity index is 2.29. The van der Waals surface area contributed by atoms with Crippen LogP contribution in [0.2, 0.25) is 0 Å². The summed E-state index contributed by atoms with van der Waals surface area (Å²) in [5, 5.41) is 3.94. The van der Waals surface area contributed by atoms with Crippen molar-refractivity contribution in [1.29, 1.82) is 0 Å². The lowest BCUT2D eigenvalue weighted by Gasteiger charge is -2.05. The van der Waals surface area contributed by atoms with E-state index in [1.807, 2.05) is 0 Å². The molecule has 90 valence electrons. The molecular weight excluding hydrogens is 218 g/mol. The fraction of sp³-hybridized carbons (Fsp3) is 0.235. The van der Waals surface area contributed by atoms with E-state index in [0.29, 0.717) is 5.92 Å². The molecule has 1 heteroatoms. The van der Waals surface area contributed by atoms with E-state index in [1.165, 1.54) is 21.7 Å². The van der Waals surface area contributed by atoms with E-state index in [1.54, 1.807) is 0 Å². The third-order valence-electron chi connectivity index (χ3n) is 3.31. The van der Waals surface area contributed by atoms with Gasteiger partial charge in [-0.1, -0.05) is 38.1 Å². The average Bonchev–Trinajstić information content (AvgIpc) is 2.36. The quantitative estimate of drug-likeness (QED) is 0.469. The van der Waals surface area contributed by atoms with Crippen LogP contribution in [0.1, 0.15) is 13.8 Å². The Morgan fingerprint density at radius 3 is 2.28 bits per heavy atom. The molecule has 0 spiro atoms. The van der Waals surface area contributed by atoms with Crippen LogP contribution in [0, 0.1) is 5.92 Å². The van der Waals surface area contributed by atoms with E-state index in [4.69, 9.17) is 0 Å². The number of nitrogens with zero attached hydrogens (tertiary/aromatic N) is 1. The number of benzene rings is 2. The molecule has 0 amide bonds. The topological polar surface area (TPSA) is 3.88 Å². The summed E-state index contributed by atoms with van der Waals surface area (Å²) in [6.07, 6.45) is 2.18. The van der Waals surface area contributed by atoms with E-state index < -0.39 is 0 Å². The van der Waals surface area contributed by atoms with Crippen LogP contribution in [0.4, 0.5) is 0 Å². The summed E-state index contributed by atoms with van der Waals surface area (Å²) in [6.45, 7) is 5.58.